The van der Waals surface area contributed by atoms with Crippen molar-refractivity contribution < 1.29 is 19.1 Å². The van der Waals surface area contributed by atoms with Gasteiger partial charge in [-0.2, -0.15) is 0 Å². The van der Waals surface area contributed by atoms with Crippen LogP contribution in [-0.2, 0) is 25.5 Å². The maximum Gasteiger partial charge on any atom is 0.333 e. The largest absolute Gasteiger partial charge is 0.467 e. The second-order valence-corrected chi connectivity index (χ2v) is 5.00. The Bertz CT molecular complexity index is 457. The van der Waals surface area contributed by atoms with Gasteiger partial charge in [0.1, 0.15) is 6.61 Å². The maximum absolute atomic E-state index is 12.0. The molecule has 1 amide bonds. The van der Waals surface area contributed by atoms with Gasteiger partial charge < -0.3 is 14.4 Å². The highest BCUT2D eigenvalue weighted by Gasteiger charge is 2.37. The third-order valence-corrected chi connectivity index (χ3v) is 3.98. The molecule has 1 aromatic heterocycles. The molecule has 0 fully saturated rings. The molecule has 6 heteroatoms. The van der Waals surface area contributed by atoms with Crippen molar-refractivity contribution in [2.45, 2.75) is 12.5 Å². The average molecular weight is 269 g/mol. The Hall–Kier alpha value is -1.40. The summed E-state index contributed by atoms with van der Waals surface area (Å²) in [5.74, 6) is -0.594. The first-order valence-corrected chi connectivity index (χ1v) is 6.49. The zero-order chi connectivity index (χ0) is 13.1. The minimum Gasteiger partial charge on any atom is -0.467 e. The molecule has 0 spiro atoms. The molecule has 1 atom stereocenters. The van der Waals surface area contributed by atoms with Crippen LogP contribution in [0.2, 0.25) is 0 Å². The van der Waals surface area contributed by atoms with Crippen LogP contribution in [0, 0.1) is 0 Å². The minimum atomic E-state index is -0.632. The Kier molecular flexibility index (Phi) is 3.98. The molecule has 0 N–H and O–H groups in total. The van der Waals surface area contributed by atoms with E-state index in [0.29, 0.717) is 6.54 Å². The lowest BCUT2D eigenvalue weighted by Gasteiger charge is -2.33. The van der Waals surface area contributed by atoms with Crippen molar-refractivity contribution >= 4 is 23.2 Å². The molecule has 0 saturated carbocycles. The number of esters is 1. The zero-order valence-corrected chi connectivity index (χ0v) is 11.2. The number of nitrogens with zero attached hydrogens (tertiary/aromatic N) is 1. The van der Waals surface area contributed by atoms with E-state index in [9.17, 15) is 9.59 Å². The van der Waals surface area contributed by atoms with Crippen LogP contribution in [0.25, 0.3) is 0 Å². The number of fused-ring (bicyclic) bond motifs is 1. The highest BCUT2D eigenvalue weighted by Crippen LogP contribution is 2.34. The van der Waals surface area contributed by atoms with Gasteiger partial charge in [-0.15, -0.1) is 11.3 Å². The van der Waals surface area contributed by atoms with Crippen molar-refractivity contribution in [1.82, 2.24) is 4.90 Å². The highest BCUT2D eigenvalue weighted by atomic mass is 32.1. The summed E-state index contributed by atoms with van der Waals surface area (Å²) in [5.41, 5.74) is 0.877. The summed E-state index contributed by atoms with van der Waals surface area (Å²) in [6.07, 6.45) is 0.774. The SMILES string of the molecule is COCC(=O)N1CCc2sccc2[C@@H]1C(=O)OC. The van der Waals surface area contributed by atoms with Gasteiger partial charge in [-0.1, -0.05) is 0 Å². The topological polar surface area (TPSA) is 55.8 Å². The van der Waals surface area contributed by atoms with E-state index >= 15 is 0 Å². The molecule has 1 aromatic rings. The van der Waals surface area contributed by atoms with Crippen LogP contribution < -0.4 is 0 Å². The Balaban J connectivity index is 2.31. The molecule has 0 unspecified atom stereocenters. The first-order valence-electron chi connectivity index (χ1n) is 5.61. The van der Waals surface area contributed by atoms with Gasteiger partial charge in [-0.25, -0.2) is 4.79 Å². The quantitative estimate of drug-likeness (QED) is 0.768. The number of hydrogen-bond acceptors (Lipinski definition) is 5. The van der Waals surface area contributed by atoms with Crippen molar-refractivity contribution in [2.75, 3.05) is 27.4 Å². The van der Waals surface area contributed by atoms with E-state index in [1.165, 1.54) is 19.1 Å². The molecule has 1 aliphatic heterocycles. The maximum atomic E-state index is 12.0. The van der Waals surface area contributed by atoms with Crippen LogP contribution in [-0.4, -0.2) is 44.1 Å². The van der Waals surface area contributed by atoms with Crippen LogP contribution >= 0.6 is 11.3 Å². The first-order chi connectivity index (χ1) is 8.69. The van der Waals surface area contributed by atoms with Crippen molar-refractivity contribution in [1.29, 1.82) is 0 Å². The number of methoxy groups -OCH3 is 2. The van der Waals surface area contributed by atoms with Crippen molar-refractivity contribution in [3.63, 3.8) is 0 Å². The molecule has 0 saturated heterocycles. The standard InChI is InChI=1S/C12H15NO4S/c1-16-7-10(14)13-5-3-9-8(4-6-18-9)11(13)12(15)17-2/h4,6,11H,3,5,7H2,1-2H3/t11-/m1/s1. The van der Waals surface area contributed by atoms with Gasteiger partial charge in [0.15, 0.2) is 6.04 Å². The summed E-state index contributed by atoms with van der Waals surface area (Å²) in [4.78, 5) is 26.5. The predicted octanol–water partition coefficient (Wildman–Crippen LogP) is 0.993. The summed E-state index contributed by atoms with van der Waals surface area (Å²) in [6, 6.07) is 1.25. The lowest BCUT2D eigenvalue weighted by molar-refractivity contribution is -0.155. The number of amides is 1. The highest BCUT2D eigenvalue weighted by molar-refractivity contribution is 7.10. The van der Waals surface area contributed by atoms with Gasteiger partial charge in [0.25, 0.3) is 0 Å². The molecular weight excluding hydrogens is 254 g/mol. The predicted molar refractivity (Wildman–Crippen MR) is 66.4 cm³/mol. The average Bonchev–Trinajstić information content (AvgIpc) is 2.85. The fraction of sp³-hybridized carbons (Fsp3) is 0.500. The van der Waals surface area contributed by atoms with E-state index in [2.05, 4.69) is 0 Å². The molecule has 2 heterocycles. The van der Waals surface area contributed by atoms with Crippen LogP contribution in [0.3, 0.4) is 0 Å². The fourth-order valence-corrected chi connectivity index (χ4v) is 3.06. The van der Waals surface area contributed by atoms with Crippen molar-refractivity contribution in [2.24, 2.45) is 0 Å². The van der Waals surface area contributed by atoms with Crippen LogP contribution in [0.4, 0.5) is 0 Å². The Morgan fingerprint density at radius 2 is 2.28 bits per heavy atom. The summed E-state index contributed by atoms with van der Waals surface area (Å²) in [5, 5.41) is 1.94. The van der Waals surface area contributed by atoms with Crippen LogP contribution in [0.15, 0.2) is 11.4 Å². The Labute approximate surface area is 109 Å². The van der Waals surface area contributed by atoms with E-state index in [1.54, 1.807) is 11.3 Å². The van der Waals surface area contributed by atoms with E-state index in [-0.39, 0.29) is 12.5 Å². The molecule has 0 aromatic carbocycles. The molecule has 18 heavy (non-hydrogen) atoms. The molecule has 0 aliphatic carbocycles. The first kappa shape index (κ1) is 13.0. The molecule has 0 bridgehead atoms. The molecular formula is C12H15NO4S. The normalized spacial score (nSPS) is 18.3. The smallest absolute Gasteiger partial charge is 0.333 e. The fourth-order valence-electron chi connectivity index (χ4n) is 2.16. The summed E-state index contributed by atoms with van der Waals surface area (Å²) in [7, 11) is 2.80. The van der Waals surface area contributed by atoms with Gasteiger partial charge >= 0.3 is 5.97 Å². The molecule has 0 radical (unpaired) electrons. The molecule has 1 aliphatic rings. The van der Waals surface area contributed by atoms with Gasteiger partial charge in [0.2, 0.25) is 5.91 Å². The Morgan fingerprint density at radius 3 is 2.94 bits per heavy atom. The number of thiophene rings is 1. The second kappa shape index (κ2) is 5.49. The summed E-state index contributed by atoms with van der Waals surface area (Å²) in [6.45, 7) is 0.502. The number of ether oxygens (including phenoxy) is 2. The molecule has 2 rings (SSSR count). The van der Waals surface area contributed by atoms with E-state index in [4.69, 9.17) is 9.47 Å². The van der Waals surface area contributed by atoms with Crippen molar-refractivity contribution in [3.05, 3.63) is 21.9 Å². The second-order valence-electron chi connectivity index (χ2n) is 3.99. The van der Waals surface area contributed by atoms with Gasteiger partial charge in [-0.3, -0.25) is 4.79 Å². The van der Waals surface area contributed by atoms with E-state index in [0.717, 1.165) is 16.9 Å². The third kappa shape index (κ3) is 2.26. The van der Waals surface area contributed by atoms with Crippen molar-refractivity contribution in [3.8, 4) is 0 Å². The van der Waals surface area contributed by atoms with Gasteiger partial charge in [0, 0.05) is 18.5 Å². The minimum absolute atomic E-state index is 0.0209. The van der Waals surface area contributed by atoms with E-state index in [1.807, 2.05) is 11.4 Å². The number of hydrogen-bond donors (Lipinski definition) is 0. The van der Waals surface area contributed by atoms with Gasteiger partial charge in [-0.05, 0) is 23.4 Å². The van der Waals surface area contributed by atoms with Gasteiger partial charge in [0.05, 0.1) is 7.11 Å². The lowest BCUT2D eigenvalue weighted by Crippen LogP contribution is -2.44. The summed E-state index contributed by atoms with van der Waals surface area (Å²) >= 11 is 1.61. The van der Waals surface area contributed by atoms with E-state index < -0.39 is 12.0 Å². The number of carbonyl (C=O) groups excluding carboxylic acids is 2. The Morgan fingerprint density at radius 1 is 1.50 bits per heavy atom. The van der Waals surface area contributed by atoms with Crippen LogP contribution in [0.1, 0.15) is 16.5 Å². The molecule has 98 valence electrons. The number of carbonyl (C=O) groups is 2. The monoisotopic (exact) mass is 269 g/mol. The lowest BCUT2D eigenvalue weighted by atomic mass is 10.00. The van der Waals surface area contributed by atoms with Crippen LogP contribution in [0.5, 0.6) is 0 Å². The molecule has 5 nitrogen and oxygen atoms in total. The number of rotatable bonds is 3. The third-order valence-electron chi connectivity index (χ3n) is 2.98. The summed E-state index contributed by atoms with van der Waals surface area (Å²) < 4.78 is 9.65. The zero-order valence-electron chi connectivity index (χ0n) is 10.3.